The van der Waals surface area contributed by atoms with Crippen LogP contribution in [-0.2, 0) is 9.53 Å². The molecule has 0 aliphatic heterocycles. The third-order valence-corrected chi connectivity index (χ3v) is 5.77. The maximum Gasteiger partial charge on any atom is 0.311 e. The summed E-state index contributed by atoms with van der Waals surface area (Å²) in [7, 11) is 0. The van der Waals surface area contributed by atoms with Gasteiger partial charge in [-0.05, 0) is 78.6 Å². The lowest BCUT2D eigenvalue weighted by Crippen LogP contribution is -2.52. The number of rotatable bonds is 4. The number of nitrogens with one attached hydrogen (secondary N) is 1. The van der Waals surface area contributed by atoms with Gasteiger partial charge in [0.05, 0.1) is 16.1 Å². The van der Waals surface area contributed by atoms with Crippen LogP contribution < -0.4 is 5.32 Å². The zero-order valence-electron chi connectivity index (χ0n) is 12.4. The lowest BCUT2D eigenvalue weighted by Gasteiger charge is -2.47. The summed E-state index contributed by atoms with van der Waals surface area (Å²) in [5.41, 5.74) is 0. The highest BCUT2D eigenvalue weighted by atomic mass is 127. The maximum absolute atomic E-state index is 12.4. The van der Waals surface area contributed by atoms with Crippen molar-refractivity contribution < 1.29 is 9.53 Å². The number of anilines is 1. The van der Waals surface area contributed by atoms with Crippen molar-refractivity contribution in [2.45, 2.75) is 38.6 Å². The number of carbonyl (C=O) groups is 1. The molecule has 0 unspecified atom stereocenters. The SMILES string of the molecule is CCOC(=O)[C@H]1C2CCC(CC2)[C@@H]1Nc1nc(Cl)ncc1I. The van der Waals surface area contributed by atoms with Crippen molar-refractivity contribution in [3.63, 3.8) is 0 Å². The summed E-state index contributed by atoms with van der Waals surface area (Å²) in [6.45, 7) is 2.28. The van der Waals surface area contributed by atoms with E-state index in [1.165, 1.54) is 0 Å². The van der Waals surface area contributed by atoms with Crippen molar-refractivity contribution in [1.82, 2.24) is 9.97 Å². The highest BCUT2D eigenvalue weighted by molar-refractivity contribution is 14.1. The average molecular weight is 436 g/mol. The lowest BCUT2D eigenvalue weighted by atomic mass is 9.61. The molecule has 4 rings (SSSR count). The maximum atomic E-state index is 12.4. The van der Waals surface area contributed by atoms with E-state index in [1.807, 2.05) is 6.92 Å². The van der Waals surface area contributed by atoms with Crippen LogP contribution in [0.4, 0.5) is 5.82 Å². The molecule has 3 aliphatic carbocycles. The van der Waals surface area contributed by atoms with Gasteiger partial charge in [-0.25, -0.2) is 4.98 Å². The summed E-state index contributed by atoms with van der Waals surface area (Å²) in [6, 6.07) is 0.0750. The Morgan fingerprint density at radius 1 is 1.41 bits per heavy atom. The Morgan fingerprint density at radius 3 is 2.77 bits per heavy atom. The van der Waals surface area contributed by atoms with Gasteiger partial charge in [0.15, 0.2) is 0 Å². The normalized spacial score (nSPS) is 30.1. The minimum atomic E-state index is -0.0861. The molecule has 1 aromatic rings. The Bertz CT molecular complexity index is 564. The fraction of sp³-hybridized carbons (Fsp3) is 0.667. The van der Waals surface area contributed by atoms with E-state index in [-0.39, 0.29) is 23.2 Å². The third kappa shape index (κ3) is 3.18. The number of carbonyl (C=O) groups excluding carboxylic acids is 1. The second-order valence-corrected chi connectivity index (χ2v) is 7.46. The molecular formula is C15H19ClIN3O2. The second-order valence-electron chi connectivity index (χ2n) is 5.96. The topological polar surface area (TPSA) is 64.1 Å². The Labute approximate surface area is 148 Å². The Kier molecular flexibility index (Phi) is 5.07. The van der Waals surface area contributed by atoms with Crippen molar-refractivity contribution in [3.05, 3.63) is 15.1 Å². The standard InChI is InChI=1S/C15H19ClIN3O2/c1-2-22-14(21)11-8-3-5-9(6-4-8)12(11)19-13-10(17)7-18-15(16)20-13/h7-9,11-12H,2-6H2,1H3,(H,18,19,20)/t8?,9?,11-,12-/m0/s1. The second kappa shape index (κ2) is 6.86. The molecule has 1 N–H and O–H groups in total. The summed E-state index contributed by atoms with van der Waals surface area (Å²) in [5.74, 6) is 1.45. The van der Waals surface area contributed by atoms with Crippen molar-refractivity contribution in [2.24, 2.45) is 17.8 Å². The van der Waals surface area contributed by atoms with Crippen LogP contribution in [0.25, 0.3) is 0 Å². The van der Waals surface area contributed by atoms with E-state index in [1.54, 1.807) is 6.20 Å². The minimum Gasteiger partial charge on any atom is -0.466 e. The number of esters is 1. The van der Waals surface area contributed by atoms with Crippen molar-refractivity contribution in [1.29, 1.82) is 0 Å². The molecule has 0 aromatic carbocycles. The van der Waals surface area contributed by atoms with E-state index in [4.69, 9.17) is 16.3 Å². The summed E-state index contributed by atoms with van der Waals surface area (Å²) in [6.07, 6.45) is 6.25. The molecule has 1 heterocycles. The first-order valence-electron chi connectivity index (χ1n) is 7.71. The molecule has 22 heavy (non-hydrogen) atoms. The van der Waals surface area contributed by atoms with Gasteiger partial charge in [-0.3, -0.25) is 4.79 Å². The first kappa shape index (κ1) is 16.2. The van der Waals surface area contributed by atoms with Crippen molar-refractivity contribution in [3.8, 4) is 0 Å². The molecule has 2 bridgehead atoms. The Morgan fingerprint density at radius 2 is 2.09 bits per heavy atom. The van der Waals surface area contributed by atoms with Crippen LogP contribution in [0.15, 0.2) is 6.20 Å². The number of ether oxygens (including phenoxy) is 1. The Balaban J connectivity index is 1.85. The summed E-state index contributed by atoms with van der Waals surface area (Å²) in [5, 5.41) is 3.69. The number of fused-ring (bicyclic) bond motifs is 3. The molecule has 3 saturated carbocycles. The van der Waals surface area contributed by atoms with Gasteiger partial charge >= 0.3 is 5.97 Å². The molecule has 7 heteroatoms. The minimum absolute atomic E-state index is 0.0750. The van der Waals surface area contributed by atoms with Crippen molar-refractivity contribution >= 4 is 46.0 Å². The quantitative estimate of drug-likeness (QED) is 0.445. The molecule has 0 amide bonds. The van der Waals surface area contributed by atoms with Gasteiger partial charge in [0.25, 0.3) is 0 Å². The largest absolute Gasteiger partial charge is 0.466 e. The molecule has 0 radical (unpaired) electrons. The number of hydrogen-bond acceptors (Lipinski definition) is 5. The first-order valence-corrected chi connectivity index (χ1v) is 9.17. The molecule has 3 aliphatic rings. The van der Waals surface area contributed by atoms with Crippen LogP contribution >= 0.6 is 34.2 Å². The predicted octanol–water partition coefficient (Wildman–Crippen LogP) is 3.51. The molecule has 3 fully saturated rings. The average Bonchev–Trinajstić information content (AvgIpc) is 2.52. The number of halogens is 2. The lowest BCUT2D eigenvalue weighted by molar-refractivity contribution is -0.154. The Hall–Kier alpha value is -0.630. The van der Waals surface area contributed by atoms with Gasteiger partial charge in [0.1, 0.15) is 5.82 Å². The molecule has 1 aromatic heterocycles. The van der Waals surface area contributed by atoms with Crippen molar-refractivity contribution in [2.75, 3.05) is 11.9 Å². The molecule has 2 atom stereocenters. The monoisotopic (exact) mass is 435 g/mol. The summed E-state index contributed by atoms with van der Waals surface area (Å²) >= 11 is 8.09. The van der Waals surface area contributed by atoms with E-state index in [0.717, 1.165) is 29.3 Å². The number of hydrogen-bond donors (Lipinski definition) is 1. The third-order valence-electron chi connectivity index (χ3n) is 4.80. The zero-order valence-corrected chi connectivity index (χ0v) is 15.3. The van der Waals surface area contributed by atoms with Gasteiger partial charge in [-0.1, -0.05) is 0 Å². The highest BCUT2D eigenvalue weighted by Crippen LogP contribution is 2.46. The molecule has 0 saturated heterocycles. The van der Waals surface area contributed by atoms with E-state index in [0.29, 0.717) is 24.3 Å². The van der Waals surface area contributed by atoms with Crippen LogP contribution in [0.2, 0.25) is 5.28 Å². The number of nitrogens with zero attached hydrogens (tertiary/aromatic N) is 2. The van der Waals surface area contributed by atoms with E-state index >= 15 is 0 Å². The molecule has 120 valence electrons. The molecule has 5 nitrogen and oxygen atoms in total. The predicted molar refractivity (Wildman–Crippen MR) is 92.7 cm³/mol. The summed E-state index contributed by atoms with van der Waals surface area (Å²) < 4.78 is 6.22. The van der Waals surface area contributed by atoms with Crippen LogP contribution in [-0.4, -0.2) is 28.6 Å². The highest BCUT2D eigenvalue weighted by Gasteiger charge is 2.48. The van der Waals surface area contributed by atoms with Crippen LogP contribution in [0.5, 0.6) is 0 Å². The van der Waals surface area contributed by atoms with Crippen LogP contribution in [0.1, 0.15) is 32.6 Å². The van der Waals surface area contributed by atoms with Gasteiger partial charge in [-0.15, -0.1) is 0 Å². The smallest absolute Gasteiger partial charge is 0.311 e. The van der Waals surface area contributed by atoms with Gasteiger partial charge in [0.2, 0.25) is 5.28 Å². The van der Waals surface area contributed by atoms with Gasteiger partial charge < -0.3 is 10.1 Å². The number of aromatic nitrogens is 2. The van der Waals surface area contributed by atoms with Crippen LogP contribution in [0, 0.1) is 21.3 Å². The zero-order chi connectivity index (χ0) is 15.7. The van der Waals surface area contributed by atoms with Crippen LogP contribution in [0.3, 0.4) is 0 Å². The molecule has 0 spiro atoms. The fourth-order valence-electron chi connectivity index (χ4n) is 3.84. The van der Waals surface area contributed by atoms with E-state index in [2.05, 4.69) is 37.9 Å². The van der Waals surface area contributed by atoms with Gasteiger partial charge in [0, 0.05) is 12.2 Å². The van der Waals surface area contributed by atoms with E-state index < -0.39 is 0 Å². The van der Waals surface area contributed by atoms with E-state index in [9.17, 15) is 4.79 Å². The summed E-state index contributed by atoms with van der Waals surface area (Å²) in [4.78, 5) is 20.7. The molecular weight excluding hydrogens is 417 g/mol. The fourth-order valence-corrected chi connectivity index (χ4v) is 4.39. The van der Waals surface area contributed by atoms with Gasteiger partial charge in [-0.2, -0.15) is 4.98 Å². The first-order chi connectivity index (χ1) is 10.6.